The van der Waals surface area contributed by atoms with Crippen LogP contribution in [0.3, 0.4) is 0 Å². The summed E-state index contributed by atoms with van der Waals surface area (Å²) < 4.78 is 6.57. The van der Waals surface area contributed by atoms with Crippen molar-refractivity contribution in [2.75, 3.05) is 26.7 Å². The van der Waals surface area contributed by atoms with Gasteiger partial charge in [-0.05, 0) is 29.8 Å². The predicted octanol–water partition coefficient (Wildman–Crippen LogP) is 3.42. The minimum absolute atomic E-state index is 0. The number of hydrogen-bond acceptors (Lipinski definition) is 4. The molecule has 0 spiro atoms. The molecule has 2 heterocycles. The largest absolute Gasteiger partial charge is 0.496 e. The fraction of sp³-hybridized carbons (Fsp3) is 0.353. The normalized spacial score (nSPS) is 18.3. The summed E-state index contributed by atoms with van der Waals surface area (Å²) in [7, 11) is 1.73. The topological polar surface area (TPSA) is 37.4 Å². The van der Waals surface area contributed by atoms with E-state index >= 15 is 0 Å². The third-order valence-electron chi connectivity index (χ3n) is 4.07. The molecule has 1 aromatic heterocycles. The molecule has 1 atom stereocenters. The highest BCUT2D eigenvalue weighted by Gasteiger charge is 2.24. The van der Waals surface area contributed by atoms with Crippen LogP contribution in [0.2, 0.25) is 0 Å². The first kappa shape index (κ1) is 18.2. The van der Waals surface area contributed by atoms with Crippen molar-refractivity contribution in [2.24, 2.45) is 0 Å². The van der Waals surface area contributed by atoms with Gasteiger partial charge in [0.25, 0.3) is 0 Å². The minimum Gasteiger partial charge on any atom is -0.496 e. The molecular weight excluding hydrogens is 378 g/mol. The van der Waals surface area contributed by atoms with E-state index in [0.717, 1.165) is 36.4 Å². The SMILES string of the molecule is COc1cc(Br)ccc1CN1CCNCC1c1ccncc1.Cl. The Morgan fingerprint density at radius 3 is 2.83 bits per heavy atom. The second-order valence-corrected chi connectivity index (χ2v) is 6.34. The highest BCUT2D eigenvalue weighted by Crippen LogP contribution is 2.29. The van der Waals surface area contributed by atoms with Gasteiger partial charge in [-0.25, -0.2) is 0 Å². The lowest BCUT2D eigenvalue weighted by Gasteiger charge is -2.36. The zero-order valence-corrected chi connectivity index (χ0v) is 15.4. The van der Waals surface area contributed by atoms with Crippen molar-refractivity contribution in [1.29, 1.82) is 0 Å². The fourth-order valence-corrected chi connectivity index (χ4v) is 3.26. The van der Waals surface area contributed by atoms with Crippen LogP contribution in [0.1, 0.15) is 17.2 Å². The van der Waals surface area contributed by atoms with Crippen molar-refractivity contribution in [3.05, 3.63) is 58.3 Å². The zero-order valence-electron chi connectivity index (χ0n) is 13.0. The standard InChI is InChI=1S/C17H20BrN3O.ClH/c1-22-17-10-15(18)3-2-14(17)12-21-9-8-20-11-16(21)13-4-6-19-7-5-13;/h2-7,10,16,20H,8-9,11-12H2,1H3;1H. The Hall–Kier alpha value is -1.14. The highest BCUT2D eigenvalue weighted by molar-refractivity contribution is 9.10. The second kappa shape index (κ2) is 8.64. The number of piperazine rings is 1. The molecule has 1 fully saturated rings. The van der Waals surface area contributed by atoms with Crippen molar-refractivity contribution in [2.45, 2.75) is 12.6 Å². The highest BCUT2D eigenvalue weighted by atomic mass is 79.9. The maximum atomic E-state index is 5.53. The van der Waals surface area contributed by atoms with E-state index in [1.165, 1.54) is 11.1 Å². The molecule has 2 aromatic rings. The Morgan fingerprint density at radius 2 is 2.09 bits per heavy atom. The number of methoxy groups -OCH3 is 1. The van der Waals surface area contributed by atoms with E-state index < -0.39 is 0 Å². The van der Waals surface area contributed by atoms with Crippen LogP contribution in [0, 0.1) is 0 Å². The number of aromatic nitrogens is 1. The van der Waals surface area contributed by atoms with E-state index in [2.05, 4.69) is 55.4 Å². The number of halogens is 2. The smallest absolute Gasteiger partial charge is 0.124 e. The maximum Gasteiger partial charge on any atom is 0.124 e. The van der Waals surface area contributed by atoms with Gasteiger partial charge < -0.3 is 10.1 Å². The van der Waals surface area contributed by atoms with E-state index in [1.807, 2.05) is 18.5 Å². The number of nitrogens with zero attached hydrogens (tertiary/aromatic N) is 2. The van der Waals surface area contributed by atoms with Crippen LogP contribution in [-0.4, -0.2) is 36.6 Å². The zero-order chi connectivity index (χ0) is 15.4. The number of hydrogen-bond donors (Lipinski definition) is 1. The molecule has 0 amide bonds. The van der Waals surface area contributed by atoms with Crippen LogP contribution < -0.4 is 10.1 Å². The van der Waals surface area contributed by atoms with Crippen molar-refractivity contribution in [3.8, 4) is 5.75 Å². The summed E-state index contributed by atoms with van der Waals surface area (Å²) in [4.78, 5) is 6.62. The van der Waals surface area contributed by atoms with Crippen LogP contribution in [-0.2, 0) is 6.54 Å². The fourth-order valence-electron chi connectivity index (χ4n) is 2.92. The van der Waals surface area contributed by atoms with Crippen molar-refractivity contribution >= 4 is 28.3 Å². The van der Waals surface area contributed by atoms with Crippen LogP contribution in [0.4, 0.5) is 0 Å². The van der Waals surface area contributed by atoms with Gasteiger partial charge >= 0.3 is 0 Å². The third-order valence-corrected chi connectivity index (χ3v) is 4.56. The molecule has 6 heteroatoms. The first-order valence-corrected chi connectivity index (χ1v) is 8.24. The first-order chi connectivity index (χ1) is 10.8. The lowest BCUT2D eigenvalue weighted by Crippen LogP contribution is -2.45. The van der Waals surface area contributed by atoms with Gasteiger partial charge in [0.15, 0.2) is 0 Å². The quantitative estimate of drug-likeness (QED) is 0.856. The molecule has 124 valence electrons. The summed E-state index contributed by atoms with van der Waals surface area (Å²) >= 11 is 3.50. The molecule has 0 bridgehead atoms. The van der Waals surface area contributed by atoms with Gasteiger partial charge in [-0.1, -0.05) is 22.0 Å². The summed E-state index contributed by atoms with van der Waals surface area (Å²) in [5.41, 5.74) is 2.52. The Bertz CT molecular complexity index is 626. The molecule has 23 heavy (non-hydrogen) atoms. The molecule has 0 aliphatic carbocycles. The van der Waals surface area contributed by atoms with Gasteiger partial charge in [0, 0.05) is 54.7 Å². The second-order valence-electron chi connectivity index (χ2n) is 5.43. The van der Waals surface area contributed by atoms with Crippen molar-refractivity contribution < 1.29 is 4.74 Å². The van der Waals surface area contributed by atoms with E-state index in [4.69, 9.17) is 4.74 Å². The molecule has 1 unspecified atom stereocenters. The molecule has 1 aliphatic heterocycles. The van der Waals surface area contributed by atoms with Crippen molar-refractivity contribution in [3.63, 3.8) is 0 Å². The lowest BCUT2D eigenvalue weighted by molar-refractivity contribution is 0.152. The Kier molecular flexibility index (Phi) is 6.84. The molecule has 0 radical (unpaired) electrons. The van der Waals surface area contributed by atoms with Crippen LogP contribution >= 0.6 is 28.3 Å². The Labute approximate surface area is 151 Å². The van der Waals surface area contributed by atoms with Gasteiger partial charge in [-0.3, -0.25) is 9.88 Å². The van der Waals surface area contributed by atoms with Gasteiger partial charge in [-0.15, -0.1) is 12.4 Å². The minimum atomic E-state index is 0. The summed E-state index contributed by atoms with van der Waals surface area (Å²) in [5.74, 6) is 0.932. The van der Waals surface area contributed by atoms with E-state index in [9.17, 15) is 0 Å². The van der Waals surface area contributed by atoms with Crippen LogP contribution in [0.5, 0.6) is 5.75 Å². The summed E-state index contributed by atoms with van der Waals surface area (Å²) in [6, 6.07) is 10.8. The van der Waals surface area contributed by atoms with Gasteiger partial charge in [0.1, 0.15) is 5.75 Å². The first-order valence-electron chi connectivity index (χ1n) is 7.45. The maximum absolute atomic E-state index is 5.53. The Balaban J connectivity index is 0.00000192. The number of benzene rings is 1. The van der Waals surface area contributed by atoms with E-state index in [-0.39, 0.29) is 12.4 Å². The van der Waals surface area contributed by atoms with Gasteiger partial charge in [0.2, 0.25) is 0 Å². The van der Waals surface area contributed by atoms with Crippen molar-refractivity contribution in [1.82, 2.24) is 15.2 Å². The molecule has 1 N–H and O–H groups in total. The number of nitrogens with one attached hydrogen (secondary N) is 1. The van der Waals surface area contributed by atoms with E-state index in [1.54, 1.807) is 7.11 Å². The average Bonchev–Trinajstić information content (AvgIpc) is 2.57. The summed E-state index contributed by atoms with van der Waals surface area (Å²) in [5, 5.41) is 3.49. The van der Waals surface area contributed by atoms with Crippen LogP contribution in [0.15, 0.2) is 47.2 Å². The van der Waals surface area contributed by atoms with Crippen LogP contribution in [0.25, 0.3) is 0 Å². The summed E-state index contributed by atoms with van der Waals surface area (Å²) in [6.07, 6.45) is 3.73. The molecule has 1 aromatic carbocycles. The molecule has 1 aliphatic rings. The number of pyridine rings is 1. The van der Waals surface area contributed by atoms with E-state index in [0.29, 0.717) is 6.04 Å². The predicted molar refractivity (Wildman–Crippen MR) is 98.2 cm³/mol. The lowest BCUT2D eigenvalue weighted by atomic mass is 10.0. The average molecular weight is 399 g/mol. The molecule has 1 saturated heterocycles. The summed E-state index contributed by atoms with van der Waals surface area (Å²) in [6.45, 7) is 3.88. The Morgan fingerprint density at radius 1 is 1.30 bits per heavy atom. The molecular formula is C17H21BrClN3O. The number of ether oxygens (including phenoxy) is 1. The molecule has 4 nitrogen and oxygen atoms in total. The molecule has 3 rings (SSSR count). The molecule has 0 saturated carbocycles. The number of rotatable bonds is 4. The third kappa shape index (κ3) is 4.44. The van der Waals surface area contributed by atoms with Gasteiger partial charge in [0.05, 0.1) is 7.11 Å². The van der Waals surface area contributed by atoms with Gasteiger partial charge in [-0.2, -0.15) is 0 Å². The monoisotopic (exact) mass is 397 g/mol.